The molecule has 4 nitrogen and oxygen atoms in total. The lowest BCUT2D eigenvalue weighted by Crippen LogP contribution is -2.24. The highest BCUT2D eigenvalue weighted by Gasteiger charge is 2.34. The number of rotatable bonds is 4. The molecule has 1 amide bonds. The number of hydrogen-bond acceptors (Lipinski definition) is 2. The van der Waals surface area contributed by atoms with Crippen molar-refractivity contribution >= 4 is 38.6 Å². The standard InChI is InChI=1S/C20H20BrN3O/c1-2-11-23-18-6-4-3-5-17(18)22-20(23)14-12-19(25)24(13-14)16-9-7-15(21)8-10-16/h3-10,14H,2,11-13H2,1H3/t14-/m1/s1. The van der Waals surface area contributed by atoms with Crippen molar-refractivity contribution in [1.82, 2.24) is 9.55 Å². The summed E-state index contributed by atoms with van der Waals surface area (Å²) in [5, 5.41) is 0. The lowest BCUT2D eigenvalue weighted by Gasteiger charge is -2.17. The van der Waals surface area contributed by atoms with Gasteiger partial charge in [0.05, 0.1) is 11.0 Å². The van der Waals surface area contributed by atoms with E-state index in [-0.39, 0.29) is 11.8 Å². The van der Waals surface area contributed by atoms with E-state index in [1.807, 2.05) is 47.4 Å². The van der Waals surface area contributed by atoms with E-state index in [0.29, 0.717) is 13.0 Å². The number of carbonyl (C=O) groups is 1. The molecule has 5 heteroatoms. The molecule has 0 N–H and O–H groups in total. The van der Waals surface area contributed by atoms with Crippen molar-refractivity contribution in [3.63, 3.8) is 0 Å². The summed E-state index contributed by atoms with van der Waals surface area (Å²) in [6.07, 6.45) is 1.56. The fraction of sp³-hybridized carbons (Fsp3) is 0.300. The van der Waals surface area contributed by atoms with Gasteiger partial charge in [0.2, 0.25) is 5.91 Å². The number of nitrogens with zero attached hydrogens (tertiary/aromatic N) is 3. The summed E-state index contributed by atoms with van der Waals surface area (Å²) in [4.78, 5) is 19.4. The highest BCUT2D eigenvalue weighted by Crippen LogP contribution is 2.33. The molecule has 0 radical (unpaired) electrons. The number of imidazole rings is 1. The summed E-state index contributed by atoms with van der Waals surface area (Å²) >= 11 is 3.45. The summed E-state index contributed by atoms with van der Waals surface area (Å²) < 4.78 is 3.31. The van der Waals surface area contributed by atoms with Gasteiger partial charge < -0.3 is 9.47 Å². The summed E-state index contributed by atoms with van der Waals surface area (Å²) in [6.45, 7) is 3.79. The fourth-order valence-corrected chi connectivity index (χ4v) is 3.88. The quantitative estimate of drug-likeness (QED) is 0.637. The van der Waals surface area contributed by atoms with Crippen LogP contribution in [0, 0.1) is 0 Å². The Labute approximate surface area is 155 Å². The first-order valence-electron chi connectivity index (χ1n) is 8.68. The molecule has 0 aliphatic carbocycles. The van der Waals surface area contributed by atoms with Crippen molar-refractivity contribution in [2.45, 2.75) is 32.2 Å². The summed E-state index contributed by atoms with van der Waals surface area (Å²) in [5.74, 6) is 1.34. The van der Waals surface area contributed by atoms with Crippen molar-refractivity contribution in [3.8, 4) is 0 Å². The molecule has 1 atom stereocenters. The number of anilines is 1. The minimum atomic E-state index is 0.134. The predicted molar refractivity (Wildman–Crippen MR) is 104 cm³/mol. The molecular weight excluding hydrogens is 378 g/mol. The second-order valence-electron chi connectivity index (χ2n) is 6.49. The molecule has 25 heavy (non-hydrogen) atoms. The Morgan fingerprint density at radius 1 is 1.16 bits per heavy atom. The minimum Gasteiger partial charge on any atom is -0.328 e. The smallest absolute Gasteiger partial charge is 0.227 e. The second kappa shape index (κ2) is 6.64. The van der Waals surface area contributed by atoms with Gasteiger partial charge in [0, 0.05) is 35.6 Å². The lowest BCUT2D eigenvalue weighted by atomic mass is 10.1. The van der Waals surface area contributed by atoms with Crippen LogP contribution in [0.3, 0.4) is 0 Å². The van der Waals surface area contributed by atoms with Gasteiger partial charge in [-0.2, -0.15) is 0 Å². The number of hydrogen-bond donors (Lipinski definition) is 0. The molecule has 1 fully saturated rings. The zero-order chi connectivity index (χ0) is 17.4. The number of para-hydroxylation sites is 2. The van der Waals surface area contributed by atoms with Crippen LogP contribution in [0.2, 0.25) is 0 Å². The van der Waals surface area contributed by atoms with Crippen LogP contribution in [0.25, 0.3) is 11.0 Å². The summed E-state index contributed by atoms with van der Waals surface area (Å²) in [5.41, 5.74) is 3.13. The lowest BCUT2D eigenvalue weighted by molar-refractivity contribution is -0.117. The molecule has 0 saturated carbocycles. The van der Waals surface area contributed by atoms with Crippen LogP contribution in [0.15, 0.2) is 53.0 Å². The number of aryl methyl sites for hydroxylation is 1. The van der Waals surface area contributed by atoms with Crippen molar-refractivity contribution < 1.29 is 4.79 Å². The Bertz CT molecular complexity index is 916. The average Bonchev–Trinajstić information content (AvgIpc) is 3.17. The maximum atomic E-state index is 12.6. The fourth-order valence-electron chi connectivity index (χ4n) is 3.62. The highest BCUT2D eigenvalue weighted by molar-refractivity contribution is 9.10. The zero-order valence-electron chi connectivity index (χ0n) is 14.2. The third-order valence-electron chi connectivity index (χ3n) is 4.76. The van der Waals surface area contributed by atoms with Gasteiger partial charge in [-0.25, -0.2) is 4.98 Å². The molecule has 1 aromatic heterocycles. The largest absolute Gasteiger partial charge is 0.328 e. The van der Waals surface area contributed by atoms with E-state index in [0.717, 1.165) is 40.0 Å². The van der Waals surface area contributed by atoms with Crippen LogP contribution in [0.5, 0.6) is 0 Å². The average molecular weight is 398 g/mol. The Kier molecular flexibility index (Phi) is 4.34. The van der Waals surface area contributed by atoms with Crippen LogP contribution >= 0.6 is 15.9 Å². The number of aromatic nitrogens is 2. The Morgan fingerprint density at radius 3 is 2.68 bits per heavy atom. The maximum Gasteiger partial charge on any atom is 0.227 e. The zero-order valence-corrected chi connectivity index (χ0v) is 15.7. The monoisotopic (exact) mass is 397 g/mol. The normalized spacial score (nSPS) is 17.6. The molecule has 0 spiro atoms. The topological polar surface area (TPSA) is 38.1 Å². The first kappa shape index (κ1) is 16.3. The van der Waals surface area contributed by atoms with Gasteiger partial charge in [-0.1, -0.05) is 35.0 Å². The van der Waals surface area contributed by atoms with Crippen LogP contribution in [0.4, 0.5) is 5.69 Å². The Balaban J connectivity index is 1.69. The van der Waals surface area contributed by atoms with Gasteiger partial charge in [-0.15, -0.1) is 0 Å². The van der Waals surface area contributed by atoms with E-state index in [1.54, 1.807) is 0 Å². The molecule has 2 heterocycles. The van der Waals surface area contributed by atoms with Gasteiger partial charge in [-0.3, -0.25) is 4.79 Å². The van der Waals surface area contributed by atoms with E-state index in [9.17, 15) is 4.79 Å². The van der Waals surface area contributed by atoms with Crippen molar-refractivity contribution in [2.24, 2.45) is 0 Å². The van der Waals surface area contributed by atoms with Gasteiger partial charge >= 0.3 is 0 Å². The minimum absolute atomic E-state index is 0.134. The van der Waals surface area contributed by atoms with Crippen LogP contribution in [0.1, 0.15) is 31.5 Å². The third kappa shape index (κ3) is 2.97. The van der Waals surface area contributed by atoms with Gasteiger partial charge in [-0.05, 0) is 42.8 Å². The number of halogens is 1. The van der Waals surface area contributed by atoms with Crippen molar-refractivity contribution in [1.29, 1.82) is 0 Å². The molecule has 0 bridgehead atoms. The Morgan fingerprint density at radius 2 is 1.92 bits per heavy atom. The van der Waals surface area contributed by atoms with Gasteiger partial charge in [0.15, 0.2) is 0 Å². The number of benzene rings is 2. The summed E-state index contributed by atoms with van der Waals surface area (Å²) in [7, 11) is 0. The molecule has 4 rings (SSSR count). The summed E-state index contributed by atoms with van der Waals surface area (Å²) in [6, 6.07) is 16.2. The number of amides is 1. The maximum absolute atomic E-state index is 12.6. The van der Waals surface area contributed by atoms with Crippen molar-refractivity contribution in [2.75, 3.05) is 11.4 Å². The second-order valence-corrected chi connectivity index (χ2v) is 7.41. The first-order chi connectivity index (χ1) is 12.2. The van der Waals surface area contributed by atoms with E-state index in [2.05, 4.69) is 33.5 Å². The SMILES string of the molecule is CCCn1c([C@@H]2CC(=O)N(c3ccc(Br)cc3)C2)nc2ccccc21. The molecule has 128 valence electrons. The molecular formula is C20H20BrN3O. The Hall–Kier alpha value is -2.14. The highest BCUT2D eigenvalue weighted by atomic mass is 79.9. The van der Waals surface area contributed by atoms with Crippen molar-refractivity contribution in [3.05, 3.63) is 58.8 Å². The first-order valence-corrected chi connectivity index (χ1v) is 9.47. The van der Waals surface area contributed by atoms with Crippen LogP contribution < -0.4 is 4.90 Å². The van der Waals surface area contributed by atoms with Crippen LogP contribution in [-0.4, -0.2) is 22.0 Å². The third-order valence-corrected chi connectivity index (χ3v) is 5.29. The van der Waals surface area contributed by atoms with E-state index < -0.39 is 0 Å². The molecule has 1 aliphatic heterocycles. The molecule has 0 unspecified atom stereocenters. The van der Waals surface area contributed by atoms with Crippen LogP contribution in [-0.2, 0) is 11.3 Å². The van der Waals surface area contributed by atoms with Gasteiger partial charge in [0.25, 0.3) is 0 Å². The van der Waals surface area contributed by atoms with E-state index >= 15 is 0 Å². The molecule has 1 aliphatic rings. The molecule has 3 aromatic rings. The van der Waals surface area contributed by atoms with E-state index in [4.69, 9.17) is 4.98 Å². The molecule has 1 saturated heterocycles. The number of fused-ring (bicyclic) bond motifs is 1. The van der Waals surface area contributed by atoms with Gasteiger partial charge in [0.1, 0.15) is 5.82 Å². The number of carbonyl (C=O) groups excluding carboxylic acids is 1. The predicted octanol–water partition coefficient (Wildman–Crippen LogP) is 4.73. The van der Waals surface area contributed by atoms with E-state index in [1.165, 1.54) is 0 Å². The molecule has 2 aromatic carbocycles.